The van der Waals surface area contributed by atoms with Crippen molar-refractivity contribution in [3.05, 3.63) is 54.5 Å². The van der Waals surface area contributed by atoms with Crippen LogP contribution in [0.5, 0.6) is 0 Å². The molecule has 0 aliphatic heterocycles. The standard InChI is InChI=1S/C15H17N3O.ClH/c1-12(2)13-6-9-18(10-7-13)11-15(19)17-14-5-3-4-8-16-14;/h3-10,12H,11H2,1-2H3;1H. The lowest BCUT2D eigenvalue weighted by Gasteiger charge is -2.04. The van der Waals surface area contributed by atoms with Gasteiger partial charge in [-0.2, -0.15) is 4.57 Å². The van der Waals surface area contributed by atoms with Crippen molar-refractivity contribution in [3.63, 3.8) is 0 Å². The van der Waals surface area contributed by atoms with Gasteiger partial charge >= 0.3 is 0 Å². The van der Waals surface area contributed by atoms with Crippen LogP contribution >= 0.6 is 0 Å². The fraction of sp³-hybridized carbons (Fsp3) is 0.267. The van der Waals surface area contributed by atoms with Crippen LogP contribution in [0, 0.1) is 0 Å². The van der Waals surface area contributed by atoms with Gasteiger partial charge in [-0.3, -0.25) is 4.79 Å². The Morgan fingerprint density at radius 2 is 1.95 bits per heavy atom. The van der Waals surface area contributed by atoms with Gasteiger partial charge in [-0.1, -0.05) is 19.9 Å². The Bertz CT molecular complexity index is 541. The molecule has 20 heavy (non-hydrogen) atoms. The maximum atomic E-state index is 11.8. The molecular formula is C15H18ClN3O. The fourth-order valence-corrected chi connectivity index (χ4v) is 1.74. The van der Waals surface area contributed by atoms with Gasteiger partial charge in [0.1, 0.15) is 5.82 Å². The zero-order valence-electron chi connectivity index (χ0n) is 11.6. The van der Waals surface area contributed by atoms with E-state index in [-0.39, 0.29) is 24.9 Å². The summed E-state index contributed by atoms with van der Waals surface area (Å²) in [5.41, 5.74) is 1.27. The van der Waals surface area contributed by atoms with Gasteiger partial charge in [0.05, 0.1) is 0 Å². The molecule has 2 aromatic rings. The summed E-state index contributed by atoms with van der Waals surface area (Å²) in [6.07, 6.45) is 5.50. The van der Waals surface area contributed by atoms with Gasteiger partial charge in [-0.15, -0.1) is 0 Å². The van der Waals surface area contributed by atoms with E-state index in [4.69, 9.17) is 0 Å². The third-order valence-corrected chi connectivity index (χ3v) is 2.84. The topological polar surface area (TPSA) is 45.9 Å². The molecule has 0 saturated carbocycles. The Hall–Kier alpha value is -1.94. The van der Waals surface area contributed by atoms with Crippen LogP contribution in [0.3, 0.4) is 0 Å². The molecule has 1 amide bonds. The van der Waals surface area contributed by atoms with Gasteiger partial charge in [0.2, 0.25) is 6.54 Å². The molecule has 1 N–H and O–H groups in total. The quantitative estimate of drug-likeness (QED) is 0.745. The van der Waals surface area contributed by atoms with Crippen molar-refractivity contribution >= 4 is 11.7 Å². The first kappa shape index (κ1) is 16.1. The molecule has 0 aromatic carbocycles. The van der Waals surface area contributed by atoms with E-state index in [9.17, 15) is 4.79 Å². The average molecular weight is 292 g/mol. The monoisotopic (exact) mass is 291 g/mol. The van der Waals surface area contributed by atoms with Crippen molar-refractivity contribution in [1.82, 2.24) is 4.98 Å². The predicted octanol–water partition coefficient (Wildman–Crippen LogP) is -0.865. The number of amides is 1. The molecule has 0 aliphatic carbocycles. The Labute approximate surface area is 125 Å². The minimum absolute atomic E-state index is 0. The molecule has 0 radical (unpaired) electrons. The van der Waals surface area contributed by atoms with Gasteiger partial charge in [0, 0.05) is 18.3 Å². The average Bonchev–Trinajstić information content (AvgIpc) is 2.40. The molecule has 0 bridgehead atoms. The normalized spacial score (nSPS) is 9.95. The van der Waals surface area contributed by atoms with E-state index in [0.29, 0.717) is 11.7 Å². The van der Waals surface area contributed by atoms with Gasteiger partial charge in [0.15, 0.2) is 12.4 Å². The lowest BCUT2D eigenvalue weighted by Crippen LogP contribution is -3.00. The van der Waals surface area contributed by atoms with Gasteiger partial charge in [-0.05, 0) is 23.6 Å². The summed E-state index contributed by atoms with van der Waals surface area (Å²) in [6.45, 7) is 4.58. The Kier molecular flexibility index (Phi) is 6.12. The minimum Gasteiger partial charge on any atom is -1.00 e. The summed E-state index contributed by atoms with van der Waals surface area (Å²) < 4.78 is 1.85. The molecule has 0 atom stereocenters. The van der Waals surface area contributed by atoms with E-state index in [2.05, 4.69) is 24.1 Å². The molecule has 0 saturated heterocycles. The fourth-order valence-electron chi connectivity index (χ4n) is 1.74. The zero-order chi connectivity index (χ0) is 13.7. The summed E-state index contributed by atoms with van der Waals surface area (Å²) in [5.74, 6) is 0.991. The molecule has 2 rings (SSSR count). The first-order valence-corrected chi connectivity index (χ1v) is 6.35. The van der Waals surface area contributed by atoms with Crippen LogP contribution in [-0.2, 0) is 11.3 Å². The molecule has 0 aliphatic rings. The van der Waals surface area contributed by atoms with Crippen LogP contribution < -0.4 is 22.3 Å². The number of hydrogen-bond donors (Lipinski definition) is 1. The Morgan fingerprint density at radius 1 is 1.25 bits per heavy atom. The smallest absolute Gasteiger partial charge is 0.291 e. The highest BCUT2D eigenvalue weighted by Crippen LogP contribution is 2.10. The second kappa shape index (κ2) is 7.60. The second-order valence-corrected chi connectivity index (χ2v) is 4.72. The third kappa shape index (κ3) is 4.63. The van der Waals surface area contributed by atoms with Gasteiger partial charge < -0.3 is 17.7 Å². The first-order chi connectivity index (χ1) is 9.15. The summed E-state index contributed by atoms with van der Waals surface area (Å²) >= 11 is 0. The summed E-state index contributed by atoms with van der Waals surface area (Å²) in [4.78, 5) is 15.9. The van der Waals surface area contributed by atoms with Crippen molar-refractivity contribution in [2.45, 2.75) is 26.3 Å². The number of hydrogen-bond acceptors (Lipinski definition) is 2. The Balaban J connectivity index is 0.00000200. The molecule has 0 fully saturated rings. The highest BCUT2D eigenvalue weighted by molar-refractivity contribution is 5.88. The summed E-state index contributed by atoms with van der Waals surface area (Å²) in [7, 11) is 0. The number of rotatable bonds is 4. The lowest BCUT2D eigenvalue weighted by molar-refractivity contribution is -0.684. The predicted molar refractivity (Wildman–Crippen MR) is 73.6 cm³/mol. The zero-order valence-corrected chi connectivity index (χ0v) is 12.3. The van der Waals surface area contributed by atoms with E-state index >= 15 is 0 Å². The van der Waals surface area contributed by atoms with Crippen molar-refractivity contribution < 1.29 is 21.8 Å². The van der Waals surface area contributed by atoms with E-state index < -0.39 is 0 Å². The molecule has 0 spiro atoms. The van der Waals surface area contributed by atoms with Gasteiger partial charge in [-0.25, -0.2) is 4.98 Å². The highest BCUT2D eigenvalue weighted by atomic mass is 35.5. The highest BCUT2D eigenvalue weighted by Gasteiger charge is 2.10. The molecule has 106 valence electrons. The van der Waals surface area contributed by atoms with E-state index in [1.807, 2.05) is 41.2 Å². The van der Waals surface area contributed by atoms with Crippen molar-refractivity contribution in [2.24, 2.45) is 0 Å². The summed E-state index contributed by atoms with van der Waals surface area (Å²) in [6, 6.07) is 9.50. The number of nitrogens with zero attached hydrogens (tertiary/aromatic N) is 2. The SMILES string of the molecule is CC(C)c1cc[n+](CC(=O)Nc2ccccn2)cc1.[Cl-]. The van der Waals surface area contributed by atoms with E-state index in [1.165, 1.54) is 5.56 Å². The van der Waals surface area contributed by atoms with Crippen LogP contribution in [0.25, 0.3) is 0 Å². The Morgan fingerprint density at radius 3 is 2.50 bits per heavy atom. The third-order valence-electron chi connectivity index (χ3n) is 2.84. The number of halogens is 1. The van der Waals surface area contributed by atoms with Crippen molar-refractivity contribution in [2.75, 3.05) is 5.32 Å². The second-order valence-electron chi connectivity index (χ2n) is 4.72. The minimum atomic E-state index is -0.0824. The molecule has 2 heterocycles. The van der Waals surface area contributed by atoms with Crippen LogP contribution in [0.2, 0.25) is 0 Å². The molecule has 2 aromatic heterocycles. The first-order valence-electron chi connectivity index (χ1n) is 6.35. The maximum absolute atomic E-state index is 11.8. The number of carbonyl (C=O) groups is 1. The lowest BCUT2D eigenvalue weighted by atomic mass is 10.1. The molecular weight excluding hydrogens is 274 g/mol. The number of pyridine rings is 2. The van der Waals surface area contributed by atoms with Gasteiger partial charge in [0.25, 0.3) is 5.91 Å². The van der Waals surface area contributed by atoms with Crippen LogP contribution in [0.1, 0.15) is 25.3 Å². The van der Waals surface area contributed by atoms with Crippen LogP contribution in [0.15, 0.2) is 48.9 Å². The van der Waals surface area contributed by atoms with E-state index in [1.54, 1.807) is 12.3 Å². The number of aromatic nitrogens is 2. The van der Waals surface area contributed by atoms with Crippen molar-refractivity contribution in [3.8, 4) is 0 Å². The summed E-state index contributed by atoms with van der Waals surface area (Å²) in [5, 5.41) is 2.76. The number of nitrogens with one attached hydrogen (secondary N) is 1. The maximum Gasteiger partial charge on any atom is 0.291 e. The van der Waals surface area contributed by atoms with E-state index in [0.717, 1.165) is 0 Å². The molecule has 4 nitrogen and oxygen atoms in total. The molecule has 5 heteroatoms. The number of anilines is 1. The number of carbonyl (C=O) groups excluding carboxylic acids is 1. The van der Waals surface area contributed by atoms with Crippen LogP contribution in [0.4, 0.5) is 5.82 Å². The van der Waals surface area contributed by atoms with Crippen molar-refractivity contribution in [1.29, 1.82) is 0 Å². The van der Waals surface area contributed by atoms with Crippen LogP contribution in [-0.4, -0.2) is 10.9 Å². The molecule has 0 unspecified atom stereocenters. The largest absolute Gasteiger partial charge is 1.00 e.